The molecule has 7 heteroatoms. The number of nitrogens with one attached hydrogen (secondary N) is 2. The van der Waals surface area contributed by atoms with Crippen LogP contribution in [-0.4, -0.2) is 57.8 Å². The lowest BCUT2D eigenvalue weighted by molar-refractivity contribution is 0.128. The average Bonchev–Trinajstić information content (AvgIpc) is 3.06. The van der Waals surface area contributed by atoms with E-state index in [0.717, 1.165) is 25.6 Å². The van der Waals surface area contributed by atoms with Crippen molar-refractivity contribution < 1.29 is 4.74 Å². The molecule has 1 fully saturated rings. The molecule has 0 bridgehead atoms. The number of nitrogens with zero attached hydrogens (tertiary/aromatic N) is 2. The minimum absolute atomic E-state index is 0. The standard InChI is InChI=1S/C17H30N4OS.HI/c1-4-18-17(19-9-11-22-3)20-13-14-7-5-10-21(2)16(14)15-8-6-12-23-15;/h6,8,12,14,16H,4-5,7,9-11,13H2,1-3H3,(H2,18,19,20);1H. The van der Waals surface area contributed by atoms with E-state index in [4.69, 9.17) is 9.73 Å². The molecule has 2 unspecified atom stereocenters. The van der Waals surface area contributed by atoms with Crippen molar-refractivity contribution in [2.24, 2.45) is 10.9 Å². The van der Waals surface area contributed by atoms with Crippen molar-refractivity contribution in [3.8, 4) is 0 Å². The van der Waals surface area contributed by atoms with Gasteiger partial charge < -0.3 is 15.4 Å². The number of ether oxygens (including phenoxy) is 1. The number of thiophene rings is 1. The molecule has 138 valence electrons. The molecule has 1 aliphatic rings. The molecule has 1 aromatic rings. The smallest absolute Gasteiger partial charge is 0.191 e. The molecular weight excluding hydrogens is 435 g/mol. The molecule has 2 atom stereocenters. The average molecular weight is 466 g/mol. The number of piperidine rings is 1. The van der Waals surface area contributed by atoms with E-state index in [1.807, 2.05) is 11.3 Å². The summed E-state index contributed by atoms with van der Waals surface area (Å²) in [5.74, 6) is 1.47. The number of hydrogen-bond donors (Lipinski definition) is 2. The van der Waals surface area contributed by atoms with Gasteiger partial charge >= 0.3 is 0 Å². The Morgan fingerprint density at radius 2 is 2.29 bits per heavy atom. The molecule has 0 saturated carbocycles. The normalized spacial score (nSPS) is 22.0. The summed E-state index contributed by atoms with van der Waals surface area (Å²) in [6.45, 7) is 6.47. The van der Waals surface area contributed by atoms with Crippen LogP contribution in [0.4, 0.5) is 0 Å². The van der Waals surface area contributed by atoms with Gasteiger partial charge in [-0.05, 0) is 50.7 Å². The van der Waals surface area contributed by atoms with E-state index < -0.39 is 0 Å². The first kappa shape index (κ1) is 21.7. The van der Waals surface area contributed by atoms with Gasteiger partial charge in [-0.25, -0.2) is 0 Å². The molecule has 1 saturated heterocycles. The maximum absolute atomic E-state index is 5.09. The van der Waals surface area contributed by atoms with Crippen LogP contribution in [0.1, 0.15) is 30.7 Å². The third-order valence-corrected chi connectivity index (χ3v) is 5.21. The maximum atomic E-state index is 5.09. The summed E-state index contributed by atoms with van der Waals surface area (Å²) in [6, 6.07) is 4.91. The Morgan fingerprint density at radius 1 is 1.46 bits per heavy atom. The van der Waals surface area contributed by atoms with Gasteiger partial charge in [0.25, 0.3) is 0 Å². The minimum Gasteiger partial charge on any atom is -0.383 e. The summed E-state index contributed by atoms with van der Waals surface area (Å²) in [6.07, 6.45) is 2.50. The quantitative estimate of drug-likeness (QED) is 0.281. The third kappa shape index (κ3) is 6.50. The van der Waals surface area contributed by atoms with Gasteiger partial charge in [-0.2, -0.15) is 0 Å². The van der Waals surface area contributed by atoms with Crippen LogP contribution >= 0.6 is 35.3 Å². The van der Waals surface area contributed by atoms with E-state index in [9.17, 15) is 0 Å². The van der Waals surface area contributed by atoms with Crippen LogP contribution in [0.2, 0.25) is 0 Å². The second kappa shape index (κ2) is 12.1. The number of likely N-dealkylation sites (tertiary alicyclic amines) is 1. The number of methoxy groups -OCH3 is 1. The highest BCUT2D eigenvalue weighted by molar-refractivity contribution is 14.0. The number of rotatable bonds is 7. The van der Waals surface area contributed by atoms with E-state index >= 15 is 0 Å². The summed E-state index contributed by atoms with van der Waals surface area (Å²) in [7, 11) is 3.96. The zero-order valence-electron chi connectivity index (χ0n) is 15.0. The second-order valence-corrected chi connectivity index (χ2v) is 6.96. The number of halogens is 1. The molecule has 1 aliphatic heterocycles. The predicted octanol–water partition coefficient (Wildman–Crippen LogP) is 2.95. The van der Waals surface area contributed by atoms with Crippen LogP contribution in [0.3, 0.4) is 0 Å². The van der Waals surface area contributed by atoms with Gasteiger partial charge in [0.2, 0.25) is 0 Å². The Kier molecular flexibility index (Phi) is 10.9. The molecule has 0 aromatic carbocycles. The topological polar surface area (TPSA) is 48.9 Å². The lowest BCUT2D eigenvalue weighted by Gasteiger charge is -2.38. The fraction of sp³-hybridized carbons (Fsp3) is 0.706. The Hall–Kier alpha value is -0.380. The van der Waals surface area contributed by atoms with Crippen LogP contribution < -0.4 is 10.6 Å². The summed E-state index contributed by atoms with van der Waals surface area (Å²) in [5, 5.41) is 8.81. The third-order valence-electron chi connectivity index (χ3n) is 4.27. The van der Waals surface area contributed by atoms with E-state index in [-0.39, 0.29) is 24.0 Å². The van der Waals surface area contributed by atoms with Gasteiger partial charge in [0.1, 0.15) is 0 Å². The predicted molar refractivity (Wildman–Crippen MR) is 114 cm³/mol. The summed E-state index contributed by atoms with van der Waals surface area (Å²) >= 11 is 1.86. The van der Waals surface area contributed by atoms with Gasteiger partial charge in [-0.1, -0.05) is 6.07 Å². The molecule has 1 aromatic heterocycles. The van der Waals surface area contributed by atoms with Crippen molar-refractivity contribution in [3.63, 3.8) is 0 Å². The molecule has 2 N–H and O–H groups in total. The van der Waals surface area contributed by atoms with E-state index in [1.165, 1.54) is 24.3 Å². The fourth-order valence-corrected chi connectivity index (χ4v) is 4.16. The first-order valence-corrected chi connectivity index (χ1v) is 9.39. The second-order valence-electron chi connectivity index (χ2n) is 5.98. The molecular formula is C17H31IN4OS. The number of aliphatic imine (C=N–C) groups is 1. The van der Waals surface area contributed by atoms with Gasteiger partial charge in [0.05, 0.1) is 6.61 Å². The van der Waals surface area contributed by atoms with Crippen molar-refractivity contribution >= 4 is 41.3 Å². The summed E-state index contributed by atoms with van der Waals surface area (Å²) < 4.78 is 5.09. The highest BCUT2D eigenvalue weighted by atomic mass is 127. The van der Waals surface area contributed by atoms with Crippen molar-refractivity contribution in [1.82, 2.24) is 15.5 Å². The molecule has 0 radical (unpaired) electrons. The van der Waals surface area contributed by atoms with Crippen LogP contribution in [0.15, 0.2) is 22.5 Å². The van der Waals surface area contributed by atoms with Gasteiger partial charge in [0, 0.05) is 37.7 Å². The Labute approximate surface area is 167 Å². The molecule has 5 nitrogen and oxygen atoms in total. The maximum Gasteiger partial charge on any atom is 0.191 e. The van der Waals surface area contributed by atoms with Crippen LogP contribution in [0.25, 0.3) is 0 Å². The molecule has 0 aliphatic carbocycles. The molecule has 24 heavy (non-hydrogen) atoms. The van der Waals surface area contributed by atoms with Gasteiger partial charge in [-0.3, -0.25) is 9.89 Å². The fourth-order valence-electron chi connectivity index (χ4n) is 3.18. The van der Waals surface area contributed by atoms with Crippen LogP contribution in [0, 0.1) is 5.92 Å². The van der Waals surface area contributed by atoms with Gasteiger partial charge in [-0.15, -0.1) is 35.3 Å². The SMILES string of the molecule is CCNC(=NCC1CCCN(C)C1c1cccs1)NCCOC.I. The van der Waals surface area contributed by atoms with E-state index in [0.29, 0.717) is 18.6 Å². The highest BCUT2D eigenvalue weighted by Crippen LogP contribution is 2.37. The largest absolute Gasteiger partial charge is 0.383 e. The first-order chi connectivity index (χ1) is 11.3. The van der Waals surface area contributed by atoms with Crippen molar-refractivity contribution in [2.45, 2.75) is 25.8 Å². The van der Waals surface area contributed by atoms with Crippen molar-refractivity contribution in [1.29, 1.82) is 0 Å². The summed E-state index contributed by atoms with van der Waals surface area (Å²) in [4.78, 5) is 8.77. The summed E-state index contributed by atoms with van der Waals surface area (Å²) in [5.41, 5.74) is 0. The highest BCUT2D eigenvalue weighted by Gasteiger charge is 2.30. The Balaban J connectivity index is 0.00000288. The molecule has 2 rings (SSSR count). The zero-order valence-corrected chi connectivity index (χ0v) is 18.1. The first-order valence-electron chi connectivity index (χ1n) is 8.51. The monoisotopic (exact) mass is 466 g/mol. The molecule has 0 spiro atoms. The zero-order chi connectivity index (χ0) is 16.5. The van der Waals surface area contributed by atoms with Crippen LogP contribution in [-0.2, 0) is 4.74 Å². The number of hydrogen-bond acceptors (Lipinski definition) is 4. The lowest BCUT2D eigenvalue weighted by Crippen LogP contribution is -2.41. The Morgan fingerprint density at radius 3 is 2.96 bits per heavy atom. The Bertz CT molecular complexity index is 469. The lowest BCUT2D eigenvalue weighted by atomic mass is 9.88. The van der Waals surface area contributed by atoms with E-state index in [2.05, 4.69) is 47.0 Å². The molecule has 2 heterocycles. The minimum atomic E-state index is 0. The van der Waals surface area contributed by atoms with Gasteiger partial charge in [0.15, 0.2) is 5.96 Å². The number of guanidine groups is 1. The van der Waals surface area contributed by atoms with Crippen molar-refractivity contribution in [2.75, 3.05) is 46.9 Å². The van der Waals surface area contributed by atoms with Crippen molar-refractivity contribution in [3.05, 3.63) is 22.4 Å². The molecule has 0 amide bonds. The van der Waals surface area contributed by atoms with E-state index in [1.54, 1.807) is 7.11 Å². The van der Waals surface area contributed by atoms with Crippen LogP contribution in [0.5, 0.6) is 0 Å².